The molecule has 2 aromatic rings. The summed E-state index contributed by atoms with van der Waals surface area (Å²) in [5.41, 5.74) is 7.48. The molecule has 0 amide bonds. The first-order valence-corrected chi connectivity index (χ1v) is 7.16. The zero-order valence-corrected chi connectivity index (χ0v) is 12.4. The van der Waals surface area contributed by atoms with Crippen LogP contribution in [0.25, 0.3) is 0 Å². The number of benzene rings is 1. The fourth-order valence-corrected chi connectivity index (χ4v) is 2.99. The van der Waals surface area contributed by atoms with E-state index in [-0.39, 0.29) is 5.75 Å². The molecule has 0 spiro atoms. The van der Waals surface area contributed by atoms with Gasteiger partial charge in [-0.1, -0.05) is 12.1 Å². The van der Waals surface area contributed by atoms with Gasteiger partial charge in [-0.05, 0) is 57.3 Å². The van der Waals surface area contributed by atoms with Gasteiger partial charge in [-0.3, -0.25) is 0 Å². The van der Waals surface area contributed by atoms with E-state index < -0.39 is 12.4 Å². The van der Waals surface area contributed by atoms with E-state index in [1.807, 2.05) is 11.4 Å². The summed E-state index contributed by atoms with van der Waals surface area (Å²) in [7, 11) is 0. The van der Waals surface area contributed by atoms with E-state index in [2.05, 4.69) is 27.3 Å². The first-order valence-electron chi connectivity index (χ1n) is 5.20. The van der Waals surface area contributed by atoms with Crippen molar-refractivity contribution in [3.8, 4) is 5.75 Å². The highest BCUT2D eigenvalue weighted by molar-refractivity contribution is 14.1. The predicted molar refractivity (Wildman–Crippen MR) is 76.2 cm³/mol. The van der Waals surface area contributed by atoms with Gasteiger partial charge in [0.15, 0.2) is 0 Å². The Morgan fingerprint density at radius 3 is 2.53 bits per heavy atom. The topological polar surface area (TPSA) is 35.2 Å². The molecule has 0 fully saturated rings. The van der Waals surface area contributed by atoms with Crippen LogP contribution in [0.5, 0.6) is 5.75 Å². The molecule has 2 N–H and O–H groups in total. The van der Waals surface area contributed by atoms with Crippen molar-refractivity contribution >= 4 is 33.9 Å². The van der Waals surface area contributed by atoms with Gasteiger partial charge in [0.25, 0.3) is 0 Å². The smallest absolute Gasteiger partial charge is 0.406 e. The van der Waals surface area contributed by atoms with Crippen molar-refractivity contribution in [2.45, 2.75) is 12.4 Å². The summed E-state index contributed by atoms with van der Waals surface area (Å²) in [5, 5.41) is 1.89. The number of ether oxygens (including phenoxy) is 1. The Balaban J connectivity index is 2.23. The summed E-state index contributed by atoms with van der Waals surface area (Å²) < 4.78 is 41.4. The molecule has 0 aliphatic rings. The second-order valence-electron chi connectivity index (χ2n) is 3.78. The highest BCUT2D eigenvalue weighted by Gasteiger charge is 2.31. The van der Waals surface area contributed by atoms with E-state index in [4.69, 9.17) is 5.73 Å². The molecule has 0 aliphatic carbocycles. The predicted octanol–water partition coefficient (Wildman–Crippen LogP) is 4.30. The van der Waals surface area contributed by atoms with Gasteiger partial charge >= 0.3 is 6.36 Å². The molecular weight excluding hydrogens is 390 g/mol. The average Bonchev–Trinajstić information content (AvgIpc) is 2.73. The first-order chi connectivity index (χ1) is 8.85. The molecule has 1 atom stereocenters. The number of nitrogens with two attached hydrogens (primary N) is 1. The second-order valence-corrected chi connectivity index (χ2v) is 6.59. The van der Waals surface area contributed by atoms with Gasteiger partial charge in [-0.25, -0.2) is 0 Å². The summed E-state index contributed by atoms with van der Waals surface area (Å²) in [6.07, 6.45) is -4.69. The third-order valence-corrected chi connectivity index (χ3v) is 4.20. The maximum atomic E-state index is 12.1. The number of rotatable bonds is 3. The Labute approximate surface area is 125 Å². The first kappa shape index (κ1) is 14.6. The van der Waals surface area contributed by atoms with E-state index in [1.54, 1.807) is 6.07 Å². The van der Waals surface area contributed by atoms with E-state index in [1.165, 1.54) is 29.5 Å². The summed E-state index contributed by atoms with van der Waals surface area (Å²) in [6.45, 7) is 0. The van der Waals surface area contributed by atoms with E-state index in [0.717, 1.165) is 8.45 Å². The van der Waals surface area contributed by atoms with E-state index in [9.17, 15) is 13.2 Å². The lowest BCUT2D eigenvalue weighted by molar-refractivity contribution is -0.274. The summed E-state index contributed by atoms with van der Waals surface area (Å²) in [6, 6.07) is 7.18. The van der Waals surface area contributed by atoms with Crippen molar-refractivity contribution in [1.82, 2.24) is 0 Å². The van der Waals surface area contributed by atoms with Gasteiger partial charge in [-0.2, -0.15) is 0 Å². The Hall–Kier alpha value is -0.800. The molecule has 0 bridgehead atoms. The minimum atomic E-state index is -4.69. The van der Waals surface area contributed by atoms with Crippen LogP contribution >= 0.6 is 33.9 Å². The quantitative estimate of drug-likeness (QED) is 0.782. The lowest BCUT2D eigenvalue weighted by Gasteiger charge is -2.13. The molecule has 1 aromatic heterocycles. The van der Waals surface area contributed by atoms with Crippen molar-refractivity contribution in [3.05, 3.63) is 49.7 Å². The molecule has 1 unspecified atom stereocenters. The van der Waals surface area contributed by atoms with Crippen LogP contribution in [0.15, 0.2) is 35.7 Å². The van der Waals surface area contributed by atoms with Crippen molar-refractivity contribution in [2.75, 3.05) is 0 Å². The molecule has 0 radical (unpaired) electrons. The maximum Gasteiger partial charge on any atom is 0.573 e. The summed E-state index contributed by atoms with van der Waals surface area (Å²) in [4.78, 5) is 0. The molecule has 1 heterocycles. The van der Waals surface area contributed by atoms with Gasteiger partial charge in [0.1, 0.15) is 5.75 Å². The van der Waals surface area contributed by atoms with Gasteiger partial charge in [0.2, 0.25) is 0 Å². The molecule has 102 valence electrons. The molecule has 1 aromatic carbocycles. The molecule has 2 rings (SSSR count). The van der Waals surface area contributed by atoms with Crippen molar-refractivity contribution in [2.24, 2.45) is 5.73 Å². The third kappa shape index (κ3) is 4.08. The third-order valence-electron chi connectivity index (χ3n) is 2.40. The van der Waals surface area contributed by atoms with Crippen LogP contribution in [0.4, 0.5) is 13.2 Å². The van der Waals surface area contributed by atoms with E-state index in [0.29, 0.717) is 5.56 Å². The maximum absolute atomic E-state index is 12.1. The van der Waals surface area contributed by atoms with Crippen LogP contribution in [-0.2, 0) is 0 Å². The fraction of sp³-hybridized carbons (Fsp3) is 0.167. The Bertz CT molecular complexity index is 570. The van der Waals surface area contributed by atoms with Crippen LogP contribution < -0.4 is 10.5 Å². The summed E-state index contributed by atoms with van der Waals surface area (Å²) >= 11 is 3.70. The normalized spacial score (nSPS) is 13.3. The standard InChI is InChI=1S/C12H9F3INOS/c13-12(14,15)18-9-3-1-2-7(4-9)11(17)8-5-10(16)19-6-8/h1-6,11H,17H2. The van der Waals surface area contributed by atoms with Gasteiger partial charge in [0, 0.05) is 0 Å². The molecule has 0 aliphatic heterocycles. The Morgan fingerprint density at radius 2 is 1.95 bits per heavy atom. The Morgan fingerprint density at radius 1 is 1.21 bits per heavy atom. The largest absolute Gasteiger partial charge is 0.573 e. The highest BCUT2D eigenvalue weighted by atomic mass is 127. The molecule has 0 saturated carbocycles. The number of hydrogen-bond acceptors (Lipinski definition) is 3. The molecule has 7 heteroatoms. The lowest BCUT2D eigenvalue weighted by Crippen LogP contribution is -2.18. The monoisotopic (exact) mass is 399 g/mol. The fourth-order valence-electron chi connectivity index (χ4n) is 1.58. The number of hydrogen-bond donors (Lipinski definition) is 1. The number of alkyl halides is 3. The molecule has 19 heavy (non-hydrogen) atoms. The Kier molecular flexibility index (Phi) is 4.36. The molecule has 0 saturated heterocycles. The number of halogens is 4. The van der Waals surface area contributed by atoms with Crippen molar-refractivity contribution in [3.63, 3.8) is 0 Å². The zero-order valence-electron chi connectivity index (χ0n) is 9.45. The SMILES string of the molecule is NC(c1cccc(OC(F)(F)F)c1)c1csc(I)c1. The number of thiophene rings is 1. The minimum Gasteiger partial charge on any atom is -0.406 e. The molecule has 2 nitrogen and oxygen atoms in total. The van der Waals surface area contributed by atoms with Gasteiger partial charge in [-0.15, -0.1) is 24.5 Å². The van der Waals surface area contributed by atoms with Crippen molar-refractivity contribution < 1.29 is 17.9 Å². The van der Waals surface area contributed by atoms with Crippen LogP contribution in [0.2, 0.25) is 0 Å². The average molecular weight is 399 g/mol. The minimum absolute atomic E-state index is 0.259. The van der Waals surface area contributed by atoms with Crippen LogP contribution in [0, 0.1) is 2.88 Å². The van der Waals surface area contributed by atoms with Crippen molar-refractivity contribution in [1.29, 1.82) is 0 Å². The second kappa shape index (κ2) is 5.68. The van der Waals surface area contributed by atoms with Crippen LogP contribution in [0.1, 0.15) is 17.2 Å². The highest BCUT2D eigenvalue weighted by Crippen LogP contribution is 2.29. The van der Waals surface area contributed by atoms with E-state index >= 15 is 0 Å². The van der Waals surface area contributed by atoms with Crippen LogP contribution in [-0.4, -0.2) is 6.36 Å². The molecular formula is C12H9F3INOS. The van der Waals surface area contributed by atoms with Crippen LogP contribution in [0.3, 0.4) is 0 Å². The van der Waals surface area contributed by atoms with Gasteiger partial charge < -0.3 is 10.5 Å². The summed E-state index contributed by atoms with van der Waals surface area (Å²) in [5.74, 6) is -0.259. The zero-order chi connectivity index (χ0) is 14.0. The lowest BCUT2D eigenvalue weighted by atomic mass is 10.0. The van der Waals surface area contributed by atoms with Gasteiger partial charge in [0.05, 0.1) is 8.93 Å².